The van der Waals surface area contributed by atoms with Crippen molar-refractivity contribution in [2.24, 2.45) is 5.41 Å². The monoisotopic (exact) mass is 332 g/mol. The highest BCUT2D eigenvalue weighted by molar-refractivity contribution is 5.87. The van der Waals surface area contributed by atoms with Gasteiger partial charge in [0.05, 0.1) is 17.3 Å². The molecule has 0 aromatic heterocycles. The molecular weight excluding hydrogens is 312 g/mol. The molecule has 0 heterocycles. The van der Waals surface area contributed by atoms with Gasteiger partial charge in [0, 0.05) is 11.0 Å². The van der Waals surface area contributed by atoms with Crippen LogP contribution in [0.3, 0.4) is 0 Å². The summed E-state index contributed by atoms with van der Waals surface area (Å²) in [5.41, 5.74) is 2.85. The first-order valence-electron chi connectivity index (χ1n) is 8.34. The van der Waals surface area contributed by atoms with Crippen molar-refractivity contribution in [3.8, 4) is 11.8 Å². The minimum Gasteiger partial charge on any atom is -0.410 e. The predicted molar refractivity (Wildman–Crippen MR) is 96.7 cm³/mol. The number of rotatable bonds is 3. The first kappa shape index (κ1) is 16.8. The standard InChI is InChI=1S/C21H20N2O2/c1-3-21(2)13-15-9-7-8-12-17(15)19(18(21)14-22)23-20(24)25-16-10-5-4-6-11-16/h4-12H,3,13H2,1-2H3,(H,23,24). The number of carbonyl (C=O) groups excluding carboxylic acids is 1. The second kappa shape index (κ2) is 6.82. The average molecular weight is 332 g/mol. The number of nitrogens with zero attached hydrogens (tertiary/aromatic N) is 1. The second-order valence-electron chi connectivity index (χ2n) is 6.44. The molecule has 1 aliphatic carbocycles. The average Bonchev–Trinajstić information content (AvgIpc) is 2.62. The summed E-state index contributed by atoms with van der Waals surface area (Å²) in [5, 5.41) is 12.6. The minimum atomic E-state index is -0.593. The van der Waals surface area contributed by atoms with E-state index in [9.17, 15) is 10.1 Å². The Hall–Kier alpha value is -3.06. The Morgan fingerprint density at radius 3 is 2.56 bits per heavy atom. The molecule has 1 N–H and O–H groups in total. The van der Waals surface area contributed by atoms with Crippen LogP contribution in [0.1, 0.15) is 31.4 Å². The normalized spacial score (nSPS) is 18.9. The lowest BCUT2D eigenvalue weighted by Crippen LogP contribution is -2.34. The van der Waals surface area contributed by atoms with Gasteiger partial charge in [-0.15, -0.1) is 0 Å². The van der Waals surface area contributed by atoms with Gasteiger partial charge in [0.2, 0.25) is 0 Å². The van der Waals surface area contributed by atoms with E-state index in [1.54, 1.807) is 24.3 Å². The molecule has 0 aliphatic heterocycles. The molecule has 1 amide bonds. The number of fused-ring (bicyclic) bond motifs is 1. The van der Waals surface area contributed by atoms with Crippen LogP contribution in [0, 0.1) is 16.7 Å². The maximum atomic E-state index is 12.4. The topological polar surface area (TPSA) is 62.1 Å². The SMILES string of the molecule is CCC1(C)Cc2ccccc2C(NC(=O)Oc2ccccc2)=C1C#N. The van der Waals surface area contributed by atoms with Gasteiger partial charge in [-0.25, -0.2) is 4.79 Å². The smallest absolute Gasteiger partial charge is 0.410 e. The van der Waals surface area contributed by atoms with E-state index in [1.165, 1.54) is 0 Å². The fourth-order valence-corrected chi connectivity index (χ4v) is 3.21. The van der Waals surface area contributed by atoms with Crippen LogP contribution in [0.5, 0.6) is 5.75 Å². The fourth-order valence-electron chi connectivity index (χ4n) is 3.21. The first-order valence-corrected chi connectivity index (χ1v) is 8.34. The number of para-hydroxylation sites is 1. The molecule has 1 atom stereocenters. The first-order chi connectivity index (χ1) is 12.1. The van der Waals surface area contributed by atoms with E-state index in [-0.39, 0.29) is 5.41 Å². The Kier molecular flexibility index (Phi) is 4.58. The van der Waals surface area contributed by atoms with Crippen molar-refractivity contribution < 1.29 is 9.53 Å². The number of hydrogen-bond acceptors (Lipinski definition) is 3. The zero-order valence-corrected chi connectivity index (χ0v) is 14.4. The molecule has 2 aromatic rings. The Morgan fingerprint density at radius 2 is 1.88 bits per heavy atom. The number of carbonyl (C=O) groups is 1. The number of amides is 1. The van der Waals surface area contributed by atoms with Gasteiger partial charge < -0.3 is 4.74 Å². The van der Waals surface area contributed by atoms with Crippen molar-refractivity contribution in [1.29, 1.82) is 5.26 Å². The summed E-state index contributed by atoms with van der Waals surface area (Å²) in [6.45, 7) is 4.12. The lowest BCUT2D eigenvalue weighted by atomic mass is 9.69. The van der Waals surface area contributed by atoms with Crippen LogP contribution in [-0.4, -0.2) is 6.09 Å². The van der Waals surface area contributed by atoms with Crippen molar-refractivity contribution >= 4 is 11.8 Å². The van der Waals surface area contributed by atoms with E-state index in [1.807, 2.05) is 30.3 Å². The van der Waals surface area contributed by atoms with Crippen LogP contribution in [0.25, 0.3) is 5.70 Å². The van der Waals surface area contributed by atoms with Crippen LogP contribution in [-0.2, 0) is 6.42 Å². The number of hydrogen-bond donors (Lipinski definition) is 1. The van der Waals surface area contributed by atoms with Gasteiger partial charge in [0.15, 0.2) is 0 Å². The van der Waals surface area contributed by atoms with Crippen molar-refractivity contribution in [3.63, 3.8) is 0 Å². The molecule has 4 nitrogen and oxygen atoms in total. The summed E-state index contributed by atoms with van der Waals surface area (Å²) < 4.78 is 5.33. The molecule has 0 saturated carbocycles. The summed E-state index contributed by atoms with van der Waals surface area (Å²) in [5.74, 6) is 0.460. The van der Waals surface area contributed by atoms with Crippen molar-refractivity contribution in [2.75, 3.05) is 0 Å². The Morgan fingerprint density at radius 1 is 1.20 bits per heavy atom. The maximum Gasteiger partial charge on any atom is 0.417 e. The zero-order valence-electron chi connectivity index (χ0n) is 14.4. The van der Waals surface area contributed by atoms with Gasteiger partial charge in [-0.05, 0) is 30.5 Å². The van der Waals surface area contributed by atoms with Crippen molar-refractivity contribution in [3.05, 3.63) is 71.3 Å². The minimum absolute atomic E-state index is 0.307. The second-order valence-corrected chi connectivity index (χ2v) is 6.44. The molecule has 4 heteroatoms. The van der Waals surface area contributed by atoms with Crippen LogP contribution < -0.4 is 10.1 Å². The number of benzene rings is 2. The summed E-state index contributed by atoms with van der Waals surface area (Å²) in [4.78, 5) is 12.4. The number of nitrogens with one attached hydrogen (secondary N) is 1. The highest BCUT2D eigenvalue weighted by Crippen LogP contribution is 2.43. The molecule has 0 fully saturated rings. The summed E-state index contributed by atoms with van der Waals surface area (Å²) in [7, 11) is 0. The third-order valence-electron chi connectivity index (χ3n) is 4.79. The molecule has 0 saturated heterocycles. The zero-order chi connectivity index (χ0) is 17.9. The van der Waals surface area contributed by atoms with E-state index in [2.05, 4.69) is 25.2 Å². The van der Waals surface area contributed by atoms with E-state index in [0.717, 1.165) is 24.0 Å². The van der Waals surface area contributed by atoms with Gasteiger partial charge in [-0.3, -0.25) is 5.32 Å². The molecule has 2 aromatic carbocycles. The molecule has 3 rings (SSSR count). The lowest BCUT2D eigenvalue weighted by molar-refractivity contribution is 0.205. The van der Waals surface area contributed by atoms with Crippen LogP contribution in [0.2, 0.25) is 0 Å². The third-order valence-corrected chi connectivity index (χ3v) is 4.79. The molecule has 0 spiro atoms. The van der Waals surface area contributed by atoms with Crippen molar-refractivity contribution in [1.82, 2.24) is 5.32 Å². The van der Waals surface area contributed by atoms with Crippen molar-refractivity contribution in [2.45, 2.75) is 26.7 Å². The Bertz CT molecular complexity index is 865. The van der Waals surface area contributed by atoms with E-state index >= 15 is 0 Å². The molecule has 0 bridgehead atoms. The molecular formula is C21H20N2O2. The molecule has 0 radical (unpaired) electrons. The number of allylic oxidation sites excluding steroid dienone is 1. The van der Waals surface area contributed by atoms with E-state index in [0.29, 0.717) is 17.0 Å². The molecule has 25 heavy (non-hydrogen) atoms. The van der Waals surface area contributed by atoms with E-state index in [4.69, 9.17) is 4.74 Å². The number of ether oxygens (including phenoxy) is 1. The van der Waals surface area contributed by atoms with E-state index < -0.39 is 6.09 Å². The summed E-state index contributed by atoms with van der Waals surface area (Å²) >= 11 is 0. The fraction of sp³-hybridized carbons (Fsp3) is 0.238. The summed E-state index contributed by atoms with van der Waals surface area (Å²) in [6, 6.07) is 19.1. The highest BCUT2D eigenvalue weighted by atomic mass is 16.6. The van der Waals surface area contributed by atoms with Crippen LogP contribution in [0.15, 0.2) is 60.2 Å². The maximum absolute atomic E-state index is 12.4. The Labute approximate surface area is 147 Å². The quantitative estimate of drug-likeness (QED) is 0.887. The van der Waals surface area contributed by atoms with Gasteiger partial charge >= 0.3 is 6.09 Å². The molecule has 1 unspecified atom stereocenters. The Balaban J connectivity index is 1.98. The third kappa shape index (κ3) is 3.27. The predicted octanol–water partition coefficient (Wildman–Crippen LogP) is 4.68. The molecule has 1 aliphatic rings. The molecule has 126 valence electrons. The van der Waals surface area contributed by atoms with Crippen LogP contribution >= 0.6 is 0 Å². The van der Waals surface area contributed by atoms with Crippen LogP contribution in [0.4, 0.5) is 4.79 Å². The summed E-state index contributed by atoms with van der Waals surface area (Å²) in [6.07, 6.45) is 0.994. The largest absolute Gasteiger partial charge is 0.417 e. The van der Waals surface area contributed by atoms with Gasteiger partial charge in [0.25, 0.3) is 0 Å². The van der Waals surface area contributed by atoms with Gasteiger partial charge in [-0.2, -0.15) is 5.26 Å². The lowest BCUT2D eigenvalue weighted by Gasteiger charge is -2.35. The van der Waals surface area contributed by atoms with Gasteiger partial charge in [0.1, 0.15) is 5.75 Å². The van der Waals surface area contributed by atoms with Gasteiger partial charge in [-0.1, -0.05) is 56.3 Å². The number of nitriles is 1. The highest BCUT2D eigenvalue weighted by Gasteiger charge is 2.36.